The maximum absolute atomic E-state index is 12.4. The van der Waals surface area contributed by atoms with Gasteiger partial charge in [0.15, 0.2) is 0 Å². The molecule has 2 aromatic carbocycles. The Morgan fingerprint density at radius 1 is 1.14 bits per heavy atom. The van der Waals surface area contributed by atoms with Crippen molar-refractivity contribution < 1.29 is 9.53 Å². The van der Waals surface area contributed by atoms with Crippen LogP contribution in [0.3, 0.4) is 0 Å². The highest BCUT2D eigenvalue weighted by Gasteiger charge is 2.23. The largest absolute Gasteiger partial charge is 0.496 e. The van der Waals surface area contributed by atoms with E-state index in [0.29, 0.717) is 5.70 Å². The van der Waals surface area contributed by atoms with Crippen LogP contribution in [0.1, 0.15) is 25.0 Å². The summed E-state index contributed by atoms with van der Waals surface area (Å²) in [5, 5.41) is -0.0227. The minimum atomic E-state index is -0.0227. The number of aliphatic imine (C=N–C) groups is 1. The number of methoxy groups -OCH3 is 1. The van der Waals surface area contributed by atoms with Crippen molar-refractivity contribution in [3.05, 3.63) is 65.4 Å². The van der Waals surface area contributed by atoms with E-state index in [1.54, 1.807) is 18.9 Å². The third kappa shape index (κ3) is 5.00. The molecule has 0 unspecified atom stereocenters. The number of carbonyl (C=O) groups excluding carboxylic acids is 1. The second-order valence-electron chi connectivity index (χ2n) is 6.17. The van der Waals surface area contributed by atoms with Crippen LogP contribution in [0, 0.1) is 0 Å². The molecule has 6 heteroatoms. The number of nitrogens with zero attached hydrogens (tertiary/aromatic N) is 2. The fraction of sp³-hybridized carbons (Fsp3) is 0.273. The molecule has 28 heavy (non-hydrogen) atoms. The van der Waals surface area contributed by atoms with Crippen molar-refractivity contribution in [1.82, 2.24) is 0 Å². The Morgan fingerprint density at radius 3 is 2.57 bits per heavy atom. The van der Waals surface area contributed by atoms with Crippen molar-refractivity contribution in [2.24, 2.45) is 4.99 Å². The van der Waals surface area contributed by atoms with Crippen LogP contribution in [0.5, 0.6) is 5.75 Å². The van der Waals surface area contributed by atoms with Crippen LogP contribution < -0.4 is 9.64 Å². The maximum Gasteiger partial charge on any atom is 0.244 e. The zero-order chi connectivity index (χ0) is 19.9. The summed E-state index contributed by atoms with van der Waals surface area (Å²) in [6.07, 6.45) is 1.82. The fourth-order valence-corrected chi connectivity index (χ4v) is 4.72. The molecule has 0 spiro atoms. The van der Waals surface area contributed by atoms with Crippen LogP contribution in [-0.4, -0.2) is 29.7 Å². The van der Waals surface area contributed by atoms with Gasteiger partial charge in [-0.3, -0.25) is 4.79 Å². The molecule has 0 aromatic heterocycles. The van der Waals surface area contributed by atoms with E-state index in [1.165, 1.54) is 17.3 Å². The van der Waals surface area contributed by atoms with Crippen LogP contribution in [0.2, 0.25) is 0 Å². The molecular formula is C22H24N2O2S2. The van der Waals surface area contributed by atoms with Gasteiger partial charge in [-0.2, -0.15) is 0 Å². The number of hydrogen-bond donors (Lipinski definition) is 0. The van der Waals surface area contributed by atoms with Gasteiger partial charge >= 0.3 is 0 Å². The number of rotatable bonds is 7. The zero-order valence-corrected chi connectivity index (χ0v) is 18.0. The van der Waals surface area contributed by atoms with Gasteiger partial charge in [-0.05, 0) is 49.4 Å². The monoisotopic (exact) mass is 412 g/mol. The highest BCUT2D eigenvalue weighted by Crippen LogP contribution is 2.34. The first-order valence-electron chi connectivity index (χ1n) is 9.26. The van der Waals surface area contributed by atoms with Gasteiger partial charge in [0.05, 0.1) is 7.11 Å². The second-order valence-corrected chi connectivity index (χ2v) is 8.35. The van der Waals surface area contributed by atoms with Gasteiger partial charge in [0.2, 0.25) is 5.12 Å². The van der Waals surface area contributed by atoms with Gasteiger partial charge in [0.1, 0.15) is 15.8 Å². The van der Waals surface area contributed by atoms with Gasteiger partial charge < -0.3 is 9.64 Å². The van der Waals surface area contributed by atoms with Crippen molar-refractivity contribution in [3.63, 3.8) is 0 Å². The fourth-order valence-electron chi connectivity index (χ4n) is 2.92. The Bertz CT molecular complexity index is 891. The molecule has 0 saturated heterocycles. The number of anilines is 1. The Hall–Kier alpha value is -2.18. The van der Waals surface area contributed by atoms with Gasteiger partial charge in [-0.25, -0.2) is 4.99 Å². The van der Waals surface area contributed by atoms with E-state index in [0.717, 1.165) is 40.2 Å². The van der Waals surface area contributed by atoms with E-state index in [2.05, 4.69) is 41.9 Å². The van der Waals surface area contributed by atoms with Crippen molar-refractivity contribution in [1.29, 1.82) is 0 Å². The molecule has 0 aliphatic carbocycles. The highest BCUT2D eigenvalue weighted by atomic mass is 32.2. The molecular weight excluding hydrogens is 388 g/mol. The quantitative estimate of drug-likeness (QED) is 0.566. The summed E-state index contributed by atoms with van der Waals surface area (Å²) in [4.78, 5) is 19.2. The van der Waals surface area contributed by atoms with Crippen molar-refractivity contribution in [2.75, 3.05) is 25.1 Å². The summed E-state index contributed by atoms with van der Waals surface area (Å²) in [5.74, 6) is 1.55. The normalized spacial score (nSPS) is 15.0. The van der Waals surface area contributed by atoms with Gasteiger partial charge in [0, 0.05) is 36.2 Å². The number of carbonyl (C=O) groups is 1. The highest BCUT2D eigenvalue weighted by molar-refractivity contribution is 8.45. The van der Waals surface area contributed by atoms with E-state index >= 15 is 0 Å². The predicted octanol–water partition coefficient (Wildman–Crippen LogP) is 5.45. The topological polar surface area (TPSA) is 41.9 Å². The maximum atomic E-state index is 12.4. The number of benzene rings is 2. The van der Waals surface area contributed by atoms with Crippen molar-refractivity contribution >= 4 is 44.8 Å². The molecule has 0 bridgehead atoms. The van der Waals surface area contributed by atoms with Gasteiger partial charge in [-0.1, -0.05) is 42.1 Å². The average Bonchev–Trinajstić information content (AvgIpc) is 3.08. The SMILES string of the molecule is CCN(CC)c1ccc(/C=C2/N=C(SCc3ccccc3)SC2=O)c(OC)c1. The molecule has 4 nitrogen and oxygen atoms in total. The average molecular weight is 413 g/mol. The first-order chi connectivity index (χ1) is 13.6. The third-order valence-corrected chi connectivity index (χ3v) is 6.52. The minimum Gasteiger partial charge on any atom is -0.496 e. The number of hydrogen-bond acceptors (Lipinski definition) is 6. The molecule has 3 rings (SSSR count). The first-order valence-corrected chi connectivity index (χ1v) is 11.1. The van der Waals surface area contributed by atoms with Gasteiger partial charge in [-0.15, -0.1) is 0 Å². The second kappa shape index (κ2) is 9.85. The predicted molar refractivity (Wildman–Crippen MR) is 122 cm³/mol. The molecule has 0 atom stereocenters. The van der Waals surface area contributed by atoms with Crippen molar-refractivity contribution in [2.45, 2.75) is 19.6 Å². The Morgan fingerprint density at radius 2 is 1.89 bits per heavy atom. The molecule has 0 radical (unpaired) electrons. The minimum absolute atomic E-state index is 0.0227. The molecule has 0 fully saturated rings. The van der Waals surface area contributed by atoms with Crippen LogP contribution in [0.15, 0.2) is 59.2 Å². The molecule has 146 valence electrons. The van der Waals surface area contributed by atoms with E-state index in [4.69, 9.17) is 4.74 Å². The number of ether oxygens (including phenoxy) is 1. The number of thioether (sulfide) groups is 2. The lowest BCUT2D eigenvalue weighted by Crippen LogP contribution is -2.21. The standard InChI is InChI=1S/C22H24N2O2S2/c1-4-24(5-2)18-12-11-17(20(14-18)26-3)13-19-21(25)28-22(23-19)27-15-16-9-7-6-8-10-16/h6-14H,4-5,15H2,1-3H3/b19-13+. The van der Waals surface area contributed by atoms with Crippen LogP contribution in [0.4, 0.5) is 5.69 Å². The molecule has 0 saturated carbocycles. The Labute approximate surface area is 175 Å². The van der Waals surface area contributed by atoms with Crippen LogP contribution in [-0.2, 0) is 10.5 Å². The van der Waals surface area contributed by atoms with Crippen LogP contribution >= 0.6 is 23.5 Å². The summed E-state index contributed by atoms with van der Waals surface area (Å²) in [6, 6.07) is 16.3. The zero-order valence-electron chi connectivity index (χ0n) is 16.3. The first kappa shape index (κ1) is 20.6. The lowest BCUT2D eigenvalue weighted by atomic mass is 10.1. The molecule has 1 aliphatic rings. The summed E-state index contributed by atoms with van der Waals surface area (Å²) >= 11 is 2.79. The molecule has 2 aromatic rings. The summed E-state index contributed by atoms with van der Waals surface area (Å²) in [7, 11) is 1.65. The summed E-state index contributed by atoms with van der Waals surface area (Å²) < 4.78 is 6.35. The van der Waals surface area contributed by atoms with Crippen molar-refractivity contribution in [3.8, 4) is 5.75 Å². The Balaban J connectivity index is 1.78. The van der Waals surface area contributed by atoms with E-state index in [1.807, 2.05) is 36.4 Å². The van der Waals surface area contributed by atoms with Crippen LogP contribution in [0.25, 0.3) is 6.08 Å². The molecule has 1 heterocycles. The lowest BCUT2D eigenvalue weighted by molar-refractivity contribution is -0.107. The molecule has 0 amide bonds. The summed E-state index contributed by atoms with van der Waals surface area (Å²) in [6.45, 7) is 6.12. The molecule has 0 N–H and O–H groups in total. The van der Waals surface area contributed by atoms with Gasteiger partial charge in [0.25, 0.3) is 0 Å². The smallest absolute Gasteiger partial charge is 0.244 e. The van der Waals surface area contributed by atoms with E-state index < -0.39 is 0 Å². The summed E-state index contributed by atoms with van der Waals surface area (Å²) in [5.41, 5.74) is 3.66. The van der Waals surface area contributed by atoms with E-state index in [9.17, 15) is 4.79 Å². The van der Waals surface area contributed by atoms with E-state index in [-0.39, 0.29) is 5.12 Å². The molecule has 1 aliphatic heterocycles. The third-order valence-electron chi connectivity index (χ3n) is 4.44. The lowest BCUT2D eigenvalue weighted by Gasteiger charge is -2.22. The Kier molecular flexibility index (Phi) is 7.23.